The normalized spacial score (nSPS) is 16.3. The summed E-state index contributed by atoms with van der Waals surface area (Å²) in [7, 11) is -1.74. The summed E-state index contributed by atoms with van der Waals surface area (Å²) in [6.07, 6.45) is 8.75. The van der Waals surface area contributed by atoms with Gasteiger partial charge in [0.15, 0.2) is 0 Å². The fourth-order valence-corrected chi connectivity index (χ4v) is 4.49. The number of sulfonamides is 1. The van der Waals surface area contributed by atoms with Gasteiger partial charge in [0, 0.05) is 57.1 Å². The molecule has 0 saturated carbocycles. The molecule has 2 rings (SSSR count). The number of rotatable bonds is 8. The summed E-state index contributed by atoms with van der Waals surface area (Å²) in [4.78, 5) is 24.3. The van der Waals surface area contributed by atoms with E-state index in [1.165, 1.54) is 9.21 Å². The summed E-state index contributed by atoms with van der Waals surface area (Å²) in [5.74, 6) is -1.98. The number of aromatic nitrogens is 2. The van der Waals surface area contributed by atoms with Crippen molar-refractivity contribution >= 4 is 21.9 Å². The zero-order valence-electron chi connectivity index (χ0n) is 15.5. The van der Waals surface area contributed by atoms with Crippen LogP contribution in [0.3, 0.4) is 0 Å². The summed E-state index contributed by atoms with van der Waals surface area (Å²) >= 11 is 0. The summed E-state index contributed by atoms with van der Waals surface area (Å²) in [5.41, 5.74) is 0.738. The molecule has 0 aliphatic carbocycles. The first-order valence-electron chi connectivity index (χ1n) is 8.93. The van der Waals surface area contributed by atoms with Crippen LogP contribution >= 0.6 is 0 Å². The van der Waals surface area contributed by atoms with E-state index in [9.17, 15) is 18.0 Å². The van der Waals surface area contributed by atoms with Crippen LogP contribution in [-0.4, -0.2) is 69.8 Å². The molecule has 1 amide bonds. The van der Waals surface area contributed by atoms with Gasteiger partial charge >= 0.3 is 5.97 Å². The first-order chi connectivity index (χ1) is 12.8. The summed E-state index contributed by atoms with van der Waals surface area (Å²) in [6.45, 7) is 1.16. The Labute approximate surface area is 159 Å². The molecule has 2 heterocycles. The van der Waals surface area contributed by atoms with Crippen LogP contribution in [0, 0.1) is 0 Å². The van der Waals surface area contributed by atoms with Gasteiger partial charge < -0.3 is 10.0 Å². The highest BCUT2D eigenvalue weighted by molar-refractivity contribution is 7.89. The molecule has 0 unspecified atom stereocenters. The highest BCUT2D eigenvalue weighted by Gasteiger charge is 2.24. The summed E-state index contributed by atoms with van der Waals surface area (Å²) in [5, 5.41) is 12.8. The smallest absolute Gasteiger partial charge is 0.328 e. The Morgan fingerprint density at radius 2 is 1.89 bits per heavy atom. The number of amides is 1. The number of carboxylic acid groups (broad SMARTS) is 1. The minimum atomic E-state index is -3.48. The van der Waals surface area contributed by atoms with Crippen LogP contribution in [-0.2, 0) is 33.2 Å². The molecule has 1 fully saturated rings. The van der Waals surface area contributed by atoms with Crippen LogP contribution in [0.25, 0.3) is 0 Å². The van der Waals surface area contributed by atoms with Gasteiger partial charge in [-0.05, 0) is 12.8 Å². The maximum absolute atomic E-state index is 12.6. The second-order valence-electron chi connectivity index (χ2n) is 6.58. The molecule has 27 heavy (non-hydrogen) atoms. The van der Waals surface area contributed by atoms with Gasteiger partial charge in [-0.2, -0.15) is 5.10 Å². The van der Waals surface area contributed by atoms with E-state index < -0.39 is 21.9 Å². The van der Waals surface area contributed by atoms with Gasteiger partial charge in [0.1, 0.15) is 0 Å². The number of carbonyl (C=O) groups is 2. The fraction of sp³-hybridized carbons (Fsp3) is 0.588. The van der Waals surface area contributed by atoms with Crippen LogP contribution in [0.2, 0.25) is 0 Å². The molecular formula is C17H26N4O5S. The average molecular weight is 398 g/mol. The zero-order valence-corrected chi connectivity index (χ0v) is 16.3. The first kappa shape index (κ1) is 21.1. The number of hydrogen-bond acceptors (Lipinski definition) is 5. The molecule has 1 saturated heterocycles. The van der Waals surface area contributed by atoms with Gasteiger partial charge in [0.2, 0.25) is 15.9 Å². The van der Waals surface area contributed by atoms with Crippen LogP contribution in [0.1, 0.15) is 31.2 Å². The lowest BCUT2D eigenvalue weighted by Gasteiger charge is -2.24. The average Bonchev–Trinajstić information content (AvgIpc) is 2.85. The van der Waals surface area contributed by atoms with E-state index in [0.717, 1.165) is 43.4 Å². The van der Waals surface area contributed by atoms with Gasteiger partial charge in [-0.1, -0.05) is 12.8 Å². The zero-order chi connectivity index (χ0) is 19.9. The lowest BCUT2D eigenvalue weighted by molar-refractivity contribution is -0.132. The Balaban J connectivity index is 2.07. The predicted octanol–water partition coefficient (Wildman–Crippen LogP) is 0.595. The van der Waals surface area contributed by atoms with E-state index in [2.05, 4.69) is 5.10 Å². The van der Waals surface area contributed by atoms with Crippen LogP contribution in [0.15, 0.2) is 24.5 Å². The number of nitrogens with zero attached hydrogens (tertiary/aromatic N) is 4. The van der Waals surface area contributed by atoms with Crippen LogP contribution in [0.4, 0.5) is 0 Å². The highest BCUT2D eigenvalue weighted by Crippen LogP contribution is 2.14. The molecule has 1 aliphatic rings. The van der Waals surface area contributed by atoms with E-state index in [0.29, 0.717) is 13.1 Å². The van der Waals surface area contributed by atoms with Crippen molar-refractivity contribution in [2.24, 2.45) is 7.05 Å². The molecular weight excluding hydrogens is 372 g/mol. The van der Waals surface area contributed by atoms with Gasteiger partial charge in [-0.15, -0.1) is 0 Å². The third kappa shape index (κ3) is 6.79. The molecule has 9 nitrogen and oxygen atoms in total. The minimum Gasteiger partial charge on any atom is -0.478 e. The molecule has 0 radical (unpaired) electrons. The Hall–Kier alpha value is -2.20. The van der Waals surface area contributed by atoms with E-state index in [1.54, 1.807) is 24.1 Å². The second kappa shape index (κ2) is 9.65. The van der Waals surface area contributed by atoms with E-state index in [4.69, 9.17) is 5.11 Å². The monoisotopic (exact) mass is 398 g/mol. The third-order valence-electron chi connectivity index (χ3n) is 4.39. The van der Waals surface area contributed by atoms with Crippen molar-refractivity contribution in [2.45, 2.75) is 32.2 Å². The third-order valence-corrected chi connectivity index (χ3v) is 6.24. The molecule has 150 valence electrons. The van der Waals surface area contributed by atoms with Crippen LogP contribution in [0.5, 0.6) is 0 Å². The number of aryl methyl sites for hydroxylation is 1. The standard InChI is InChI=1S/C17H26N4O5S/c1-19-13-15(12-18-19)14-20(16(22)6-7-17(23)24)10-11-27(25,26)21-8-4-2-3-5-9-21/h6-7,12-13H,2-5,8-11,14H2,1H3,(H,23,24)/b7-6+. The minimum absolute atomic E-state index is 0.0173. The van der Waals surface area contributed by atoms with Crippen molar-refractivity contribution in [2.75, 3.05) is 25.4 Å². The Morgan fingerprint density at radius 1 is 1.22 bits per heavy atom. The number of hydrogen-bond donors (Lipinski definition) is 1. The van der Waals surface area contributed by atoms with E-state index in [-0.39, 0.29) is 18.8 Å². The van der Waals surface area contributed by atoms with Crippen molar-refractivity contribution < 1.29 is 23.1 Å². The number of carbonyl (C=O) groups excluding carboxylic acids is 1. The molecule has 1 aromatic rings. The summed E-state index contributed by atoms with van der Waals surface area (Å²) in [6, 6.07) is 0. The number of aliphatic carboxylic acids is 1. The lowest BCUT2D eigenvalue weighted by atomic mass is 10.2. The number of carboxylic acids is 1. The maximum Gasteiger partial charge on any atom is 0.328 e. The molecule has 0 bridgehead atoms. The van der Waals surface area contributed by atoms with Crippen molar-refractivity contribution in [1.82, 2.24) is 19.0 Å². The van der Waals surface area contributed by atoms with E-state index >= 15 is 0 Å². The van der Waals surface area contributed by atoms with Crippen LogP contribution < -0.4 is 0 Å². The topological polar surface area (TPSA) is 113 Å². The molecule has 0 atom stereocenters. The van der Waals surface area contributed by atoms with Crippen molar-refractivity contribution in [3.63, 3.8) is 0 Å². The van der Waals surface area contributed by atoms with Crippen molar-refractivity contribution in [3.8, 4) is 0 Å². The molecule has 1 aliphatic heterocycles. The Morgan fingerprint density at radius 3 is 2.44 bits per heavy atom. The summed E-state index contributed by atoms with van der Waals surface area (Å²) < 4.78 is 28.4. The molecule has 1 aromatic heterocycles. The molecule has 10 heteroatoms. The lowest BCUT2D eigenvalue weighted by Crippen LogP contribution is -2.39. The SMILES string of the molecule is Cn1cc(CN(CCS(=O)(=O)N2CCCCCC2)C(=O)/C=C/C(=O)O)cn1. The second-order valence-corrected chi connectivity index (χ2v) is 8.67. The quantitative estimate of drug-likeness (QED) is 0.642. The molecule has 1 N–H and O–H groups in total. The first-order valence-corrected chi connectivity index (χ1v) is 10.5. The van der Waals surface area contributed by atoms with Gasteiger partial charge in [0.05, 0.1) is 11.9 Å². The highest BCUT2D eigenvalue weighted by atomic mass is 32.2. The Kier molecular flexibility index (Phi) is 7.55. The van der Waals surface area contributed by atoms with Crippen molar-refractivity contribution in [3.05, 3.63) is 30.1 Å². The maximum atomic E-state index is 12.6. The molecule has 0 aromatic carbocycles. The Bertz CT molecular complexity index is 779. The van der Waals surface area contributed by atoms with E-state index in [1.807, 2.05) is 0 Å². The van der Waals surface area contributed by atoms with Crippen molar-refractivity contribution in [1.29, 1.82) is 0 Å². The van der Waals surface area contributed by atoms with Gasteiger partial charge in [0.25, 0.3) is 0 Å². The largest absolute Gasteiger partial charge is 0.478 e. The molecule has 0 spiro atoms. The fourth-order valence-electron chi connectivity index (χ4n) is 2.96. The van der Waals surface area contributed by atoms with Gasteiger partial charge in [-0.25, -0.2) is 17.5 Å². The van der Waals surface area contributed by atoms with Gasteiger partial charge in [-0.3, -0.25) is 9.48 Å². The predicted molar refractivity (Wildman–Crippen MR) is 99.2 cm³/mol.